The van der Waals surface area contributed by atoms with Crippen LogP contribution in [0.15, 0.2) is 30.4 Å². The second-order valence-corrected chi connectivity index (χ2v) is 3.62. The first-order valence-electron chi connectivity index (χ1n) is 4.71. The number of Topliss-reactive ketones (excluding diaryl/α,β-unsaturated/α-hetero) is 1. The van der Waals surface area contributed by atoms with Crippen LogP contribution < -0.4 is 5.32 Å². The van der Waals surface area contributed by atoms with Crippen LogP contribution >= 0.6 is 0 Å². The minimum Gasteiger partial charge on any atom is -0.289 e. The predicted molar refractivity (Wildman–Crippen MR) is 57.4 cm³/mol. The fraction of sp³-hybridized carbons (Fsp3) is 0.0833. The summed E-state index contributed by atoms with van der Waals surface area (Å²) in [5.41, 5.74) is 0.964. The van der Waals surface area contributed by atoms with Gasteiger partial charge in [-0.05, 0) is 18.6 Å². The number of amides is 2. The van der Waals surface area contributed by atoms with Gasteiger partial charge < -0.3 is 0 Å². The van der Waals surface area contributed by atoms with Gasteiger partial charge in [0.25, 0.3) is 11.8 Å². The smallest absolute Gasteiger partial charge is 0.259 e. The predicted octanol–water partition coefficient (Wildman–Crippen LogP) is 1.33. The van der Waals surface area contributed by atoms with Gasteiger partial charge in [-0.3, -0.25) is 19.7 Å². The van der Waals surface area contributed by atoms with E-state index in [2.05, 4.69) is 11.9 Å². The SMILES string of the molecule is C=C(C)C(=O)c1cccc2c1C(=O)NC2=O. The van der Waals surface area contributed by atoms with E-state index in [1.54, 1.807) is 13.0 Å². The lowest BCUT2D eigenvalue weighted by Gasteiger charge is -2.03. The molecule has 0 aromatic heterocycles. The van der Waals surface area contributed by atoms with Crippen LogP contribution in [-0.4, -0.2) is 17.6 Å². The Hall–Kier alpha value is -2.23. The van der Waals surface area contributed by atoms with Gasteiger partial charge in [0.1, 0.15) is 0 Å². The molecule has 0 radical (unpaired) electrons. The van der Waals surface area contributed by atoms with E-state index in [0.717, 1.165) is 0 Å². The molecule has 1 aliphatic heterocycles. The molecular weight excluding hydrogens is 206 g/mol. The molecule has 2 amide bonds. The molecular formula is C12H9NO3. The van der Waals surface area contributed by atoms with Gasteiger partial charge in [-0.25, -0.2) is 0 Å². The Morgan fingerprint density at radius 1 is 1.25 bits per heavy atom. The number of ketones is 1. The molecule has 1 aromatic rings. The number of carbonyl (C=O) groups is 3. The van der Waals surface area contributed by atoms with Gasteiger partial charge in [0.15, 0.2) is 5.78 Å². The van der Waals surface area contributed by atoms with Gasteiger partial charge in [-0.2, -0.15) is 0 Å². The Balaban J connectivity index is 2.67. The molecule has 4 heteroatoms. The molecule has 0 unspecified atom stereocenters. The van der Waals surface area contributed by atoms with Crippen molar-refractivity contribution >= 4 is 17.6 Å². The molecule has 0 aliphatic carbocycles. The van der Waals surface area contributed by atoms with Crippen molar-refractivity contribution in [3.8, 4) is 0 Å². The number of hydrogen-bond acceptors (Lipinski definition) is 3. The lowest BCUT2D eigenvalue weighted by Crippen LogP contribution is -2.20. The Kier molecular flexibility index (Phi) is 2.20. The highest BCUT2D eigenvalue weighted by atomic mass is 16.2. The summed E-state index contributed by atoms with van der Waals surface area (Å²) >= 11 is 0. The third kappa shape index (κ3) is 1.35. The molecule has 16 heavy (non-hydrogen) atoms. The van der Waals surface area contributed by atoms with Gasteiger partial charge >= 0.3 is 0 Å². The van der Waals surface area contributed by atoms with Crippen LogP contribution in [0.2, 0.25) is 0 Å². The highest BCUT2D eigenvalue weighted by Crippen LogP contribution is 2.21. The van der Waals surface area contributed by atoms with Crippen molar-refractivity contribution < 1.29 is 14.4 Å². The number of rotatable bonds is 2. The second-order valence-electron chi connectivity index (χ2n) is 3.62. The van der Waals surface area contributed by atoms with Gasteiger partial charge in [-0.15, -0.1) is 0 Å². The third-order valence-electron chi connectivity index (χ3n) is 2.40. The molecule has 80 valence electrons. The van der Waals surface area contributed by atoms with E-state index in [1.165, 1.54) is 12.1 Å². The van der Waals surface area contributed by atoms with Crippen LogP contribution in [-0.2, 0) is 0 Å². The number of carbonyl (C=O) groups excluding carboxylic acids is 3. The van der Waals surface area contributed by atoms with E-state index < -0.39 is 11.8 Å². The topological polar surface area (TPSA) is 63.2 Å². The van der Waals surface area contributed by atoms with Crippen molar-refractivity contribution in [1.29, 1.82) is 0 Å². The third-order valence-corrected chi connectivity index (χ3v) is 2.40. The highest BCUT2D eigenvalue weighted by Gasteiger charge is 2.31. The fourth-order valence-corrected chi connectivity index (χ4v) is 1.64. The molecule has 0 spiro atoms. The Morgan fingerprint density at radius 3 is 2.56 bits per heavy atom. The first-order chi connectivity index (χ1) is 7.52. The second kappa shape index (κ2) is 3.41. The zero-order valence-electron chi connectivity index (χ0n) is 8.66. The fourth-order valence-electron chi connectivity index (χ4n) is 1.64. The quantitative estimate of drug-likeness (QED) is 0.460. The van der Waals surface area contributed by atoms with Crippen molar-refractivity contribution in [2.45, 2.75) is 6.92 Å². The number of fused-ring (bicyclic) bond motifs is 1. The van der Waals surface area contributed by atoms with Gasteiger partial charge in [0.2, 0.25) is 0 Å². The maximum Gasteiger partial charge on any atom is 0.259 e. The number of benzene rings is 1. The number of allylic oxidation sites excluding steroid dienone is 1. The monoisotopic (exact) mass is 215 g/mol. The Labute approximate surface area is 92.0 Å². The van der Waals surface area contributed by atoms with Crippen LogP contribution in [0.4, 0.5) is 0 Å². The number of imide groups is 1. The standard InChI is InChI=1S/C12H9NO3/c1-6(2)10(14)7-4-3-5-8-9(7)12(16)13-11(8)15/h3-5H,1H2,2H3,(H,13,15,16). The molecule has 0 saturated carbocycles. The van der Waals surface area contributed by atoms with E-state index in [-0.39, 0.29) is 22.5 Å². The normalized spacial score (nSPS) is 13.3. The average molecular weight is 215 g/mol. The largest absolute Gasteiger partial charge is 0.289 e. The van der Waals surface area contributed by atoms with Crippen molar-refractivity contribution in [1.82, 2.24) is 5.32 Å². The van der Waals surface area contributed by atoms with E-state index in [4.69, 9.17) is 0 Å². The average Bonchev–Trinajstić information content (AvgIpc) is 2.54. The molecule has 1 heterocycles. The molecule has 0 atom stereocenters. The molecule has 4 nitrogen and oxygen atoms in total. The molecule has 2 rings (SSSR count). The summed E-state index contributed by atoms with van der Waals surface area (Å²) in [6, 6.07) is 4.62. The highest BCUT2D eigenvalue weighted by molar-refractivity contribution is 6.26. The van der Waals surface area contributed by atoms with Crippen molar-refractivity contribution in [2.24, 2.45) is 0 Å². The van der Waals surface area contributed by atoms with E-state index in [9.17, 15) is 14.4 Å². The number of hydrogen-bond donors (Lipinski definition) is 1. The number of nitrogens with one attached hydrogen (secondary N) is 1. The summed E-state index contributed by atoms with van der Waals surface area (Å²) in [6.45, 7) is 5.10. The van der Waals surface area contributed by atoms with Crippen molar-refractivity contribution in [3.63, 3.8) is 0 Å². The van der Waals surface area contributed by atoms with Gasteiger partial charge in [0, 0.05) is 5.56 Å². The van der Waals surface area contributed by atoms with Crippen LogP contribution in [0.1, 0.15) is 38.0 Å². The summed E-state index contributed by atoms with van der Waals surface area (Å²) in [5, 5.41) is 2.16. The summed E-state index contributed by atoms with van der Waals surface area (Å²) < 4.78 is 0. The minimum atomic E-state index is -0.523. The maximum atomic E-state index is 11.8. The molecule has 1 aromatic carbocycles. The summed E-state index contributed by atoms with van der Waals surface area (Å²) in [4.78, 5) is 34.6. The lowest BCUT2D eigenvalue weighted by atomic mass is 9.97. The molecule has 1 N–H and O–H groups in total. The summed E-state index contributed by atoms with van der Waals surface area (Å²) in [6.07, 6.45) is 0. The maximum absolute atomic E-state index is 11.8. The zero-order valence-corrected chi connectivity index (χ0v) is 8.66. The van der Waals surface area contributed by atoms with Crippen LogP contribution in [0.5, 0.6) is 0 Å². The molecule has 0 fully saturated rings. The molecule has 1 aliphatic rings. The van der Waals surface area contributed by atoms with Crippen molar-refractivity contribution in [2.75, 3.05) is 0 Å². The molecule has 0 saturated heterocycles. The molecule has 0 bridgehead atoms. The summed E-state index contributed by atoms with van der Waals surface area (Å²) in [7, 11) is 0. The lowest BCUT2D eigenvalue weighted by molar-refractivity contribution is 0.0875. The van der Waals surface area contributed by atoms with Crippen LogP contribution in [0.25, 0.3) is 0 Å². The van der Waals surface area contributed by atoms with Gasteiger partial charge in [-0.1, -0.05) is 18.7 Å². The minimum absolute atomic E-state index is 0.153. The Bertz CT molecular complexity index is 543. The zero-order chi connectivity index (χ0) is 11.9. The van der Waals surface area contributed by atoms with Crippen molar-refractivity contribution in [3.05, 3.63) is 47.0 Å². The van der Waals surface area contributed by atoms with Gasteiger partial charge in [0.05, 0.1) is 11.1 Å². The summed E-state index contributed by atoms with van der Waals surface area (Å²) in [5.74, 6) is -1.30. The van der Waals surface area contributed by atoms with Crippen LogP contribution in [0, 0.1) is 0 Å². The first kappa shape index (κ1) is 10.3. The van der Waals surface area contributed by atoms with E-state index in [1.807, 2.05) is 0 Å². The Morgan fingerprint density at radius 2 is 1.94 bits per heavy atom. The van der Waals surface area contributed by atoms with E-state index in [0.29, 0.717) is 5.57 Å². The van der Waals surface area contributed by atoms with E-state index >= 15 is 0 Å². The van der Waals surface area contributed by atoms with Crippen LogP contribution in [0.3, 0.4) is 0 Å². The first-order valence-corrected chi connectivity index (χ1v) is 4.71.